The molecule has 0 atom stereocenters. The number of rotatable bonds is 4. The van der Waals surface area contributed by atoms with Crippen molar-refractivity contribution in [2.45, 2.75) is 45.7 Å². The summed E-state index contributed by atoms with van der Waals surface area (Å²) in [4.78, 5) is 19.1. The molecule has 6 heteroatoms. The van der Waals surface area contributed by atoms with Gasteiger partial charge in [0, 0.05) is 30.9 Å². The number of amides is 1. The molecular weight excluding hydrogens is 304 g/mol. The third-order valence-electron chi connectivity index (χ3n) is 4.50. The molecular formula is C18H24N4O2. The molecule has 2 aromatic rings. The zero-order valence-electron chi connectivity index (χ0n) is 14.5. The lowest BCUT2D eigenvalue weighted by Crippen LogP contribution is -2.47. The first-order valence-electron chi connectivity index (χ1n) is 8.44. The molecule has 0 bridgehead atoms. The van der Waals surface area contributed by atoms with E-state index in [0.29, 0.717) is 0 Å². The van der Waals surface area contributed by atoms with Crippen LogP contribution in [0.2, 0.25) is 0 Å². The molecule has 6 nitrogen and oxygen atoms in total. The van der Waals surface area contributed by atoms with E-state index in [0.717, 1.165) is 42.9 Å². The lowest BCUT2D eigenvalue weighted by molar-refractivity contribution is 0.0205. The molecule has 1 saturated heterocycles. The van der Waals surface area contributed by atoms with E-state index in [-0.39, 0.29) is 18.0 Å². The van der Waals surface area contributed by atoms with E-state index >= 15 is 0 Å². The fraction of sp³-hybridized carbons (Fsp3) is 0.500. The van der Waals surface area contributed by atoms with Crippen molar-refractivity contribution < 1.29 is 9.53 Å². The van der Waals surface area contributed by atoms with Gasteiger partial charge in [-0.25, -0.2) is 9.67 Å². The Bertz CT molecular complexity index is 691. The Kier molecular flexibility index (Phi) is 4.94. The predicted molar refractivity (Wildman–Crippen MR) is 91.2 cm³/mol. The molecule has 0 spiro atoms. The van der Waals surface area contributed by atoms with Gasteiger partial charge in [-0.05, 0) is 57.4 Å². The second kappa shape index (κ2) is 7.13. The summed E-state index contributed by atoms with van der Waals surface area (Å²) >= 11 is 0. The monoisotopic (exact) mass is 328 g/mol. The summed E-state index contributed by atoms with van der Waals surface area (Å²) in [7, 11) is 0. The van der Waals surface area contributed by atoms with Crippen LogP contribution in [-0.2, 0) is 4.74 Å². The zero-order valence-corrected chi connectivity index (χ0v) is 14.5. The van der Waals surface area contributed by atoms with Crippen LogP contribution in [0.15, 0.2) is 30.9 Å². The van der Waals surface area contributed by atoms with Crippen LogP contribution in [0.5, 0.6) is 0 Å². The highest BCUT2D eigenvalue weighted by Crippen LogP contribution is 2.23. The van der Waals surface area contributed by atoms with Gasteiger partial charge in [-0.15, -0.1) is 0 Å². The quantitative estimate of drug-likeness (QED) is 0.865. The number of carbonyl (C=O) groups is 1. The van der Waals surface area contributed by atoms with Gasteiger partial charge in [0.25, 0.3) is 5.91 Å². The Balaban J connectivity index is 1.87. The van der Waals surface area contributed by atoms with Crippen molar-refractivity contribution in [3.8, 4) is 5.69 Å². The molecule has 2 heterocycles. The topological polar surface area (TPSA) is 60.2 Å². The van der Waals surface area contributed by atoms with E-state index in [4.69, 9.17) is 4.74 Å². The third-order valence-corrected chi connectivity index (χ3v) is 4.50. The van der Waals surface area contributed by atoms with E-state index in [1.54, 1.807) is 11.0 Å². The van der Waals surface area contributed by atoms with Crippen LogP contribution in [0.4, 0.5) is 0 Å². The van der Waals surface area contributed by atoms with Crippen LogP contribution in [0, 0.1) is 6.92 Å². The van der Waals surface area contributed by atoms with Crippen molar-refractivity contribution in [1.29, 1.82) is 0 Å². The number of carbonyl (C=O) groups excluding carboxylic acids is 1. The van der Waals surface area contributed by atoms with Crippen LogP contribution in [-0.4, -0.2) is 50.9 Å². The minimum atomic E-state index is 0.0968. The first-order chi connectivity index (χ1) is 11.6. The number of hydrogen-bond donors (Lipinski definition) is 0. The summed E-state index contributed by atoms with van der Waals surface area (Å²) in [6.45, 7) is 7.58. The molecule has 128 valence electrons. The standard InChI is InChI=1S/C18H24N4O2/c1-13(2)22(15-6-8-24-9-7-15)18(23)17-5-4-16(10-14(17)3)21-12-19-11-20-21/h4-5,10-13,15H,6-9H2,1-3H3. The van der Waals surface area contributed by atoms with Crippen molar-refractivity contribution in [2.24, 2.45) is 0 Å². The normalized spacial score (nSPS) is 15.7. The van der Waals surface area contributed by atoms with Gasteiger partial charge in [0.05, 0.1) is 5.69 Å². The van der Waals surface area contributed by atoms with Crippen molar-refractivity contribution >= 4 is 5.91 Å². The van der Waals surface area contributed by atoms with E-state index in [1.807, 2.05) is 30.0 Å². The van der Waals surface area contributed by atoms with Crippen molar-refractivity contribution in [3.05, 3.63) is 42.0 Å². The summed E-state index contributed by atoms with van der Waals surface area (Å²) < 4.78 is 7.14. The molecule has 24 heavy (non-hydrogen) atoms. The molecule has 3 rings (SSSR count). The number of hydrogen-bond acceptors (Lipinski definition) is 4. The van der Waals surface area contributed by atoms with Crippen LogP contribution in [0.25, 0.3) is 5.69 Å². The van der Waals surface area contributed by atoms with Crippen LogP contribution in [0.1, 0.15) is 42.6 Å². The molecule has 1 aliphatic rings. The molecule has 1 fully saturated rings. The van der Waals surface area contributed by atoms with Gasteiger partial charge in [-0.1, -0.05) is 0 Å². The van der Waals surface area contributed by atoms with E-state index in [2.05, 4.69) is 23.9 Å². The first kappa shape index (κ1) is 16.6. The first-order valence-corrected chi connectivity index (χ1v) is 8.44. The summed E-state index contributed by atoms with van der Waals surface area (Å²) in [5, 5.41) is 4.14. The molecule has 0 unspecified atom stereocenters. The average Bonchev–Trinajstić information content (AvgIpc) is 3.10. The Hall–Kier alpha value is -2.21. The minimum Gasteiger partial charge on any atom is -0.381 e. The van der Waals surface area contributed by atoms with Gasteiger partial charge in [-0.2, -0.15) is 5.10 Å². The fourth-order valence-corrected chi connectivity index (χ4v) is 3.30. The van der Waals surface area contributed by atoms with E-state index in [1.165, 1.54) is 6.33 Å². The predicted octanol–water partition coefficient (Wildman–Crippen LogP) is 2.61. The fourth-order valence-electron chi connectivity index (χ4n) is 3.30. The number of nitrogens with zero attached hydrogens (tertiary/aromatic N) is 4. The van der Waals surface area contributed by atoms with Gasteiger partial charge >= 0.3 is 0 Å². The van der Waals surface area contributed by atoms with Crippen molar-refractivity contribution in [2.75, 3.05) is 13.2 Å². The number of ether oxygens (including phenoxy) is 1. The second-order valence-corrected chi connectivity index (χ2v) is 6.49. The van der Waals surface area contributed by atoms with Crippen LogP contribution >= 0.6 is 0 Å². The highest BCUT2D eigenvalue weighted by molar-refractivity contribution is 5.96. The molecule has 0 saturated carbocycles. The lowest BCUT2D eigenvalue weighted by Gasteiger charge is -2.37. The third kappa shape index (κ3) is 3.33. The Morgan fingerprint density at radius 3 is 2.67 bits per heavy atom. The molecule has 1 amide bonds. The Labute approximate surface area is 142 Å². The Morgan fingerprint density at radius 1 is 1.33 bits per heavy atom. The van der Waals surface area contributed by atoms with Crippen LogP contribution in [0.3, 0.4) is 0 Å². The summed E-state index contributed by atoms with van der Waals surface area (Å²) in [5.41, 5.74) is 2.61. The highest BCUT2D eigenvalue weighted by atomic mass is 16.5. The van der Waals surface area contributed by atoms with Gasteiger partial charge in [0.1, 0.15) is 12.7 Å². The maximum absolute atomic E-state index is 13.2. The van der Waals surface area contributed by atoms with Gasteiger partial charge in [0.15, 0.2) is 0 Å². The Morgan fingerprint density at radius 2 is 2.08 bits per heavy atom. The second-order valence-electron chi connectivity index (χ2n) is 6.49. The summed E-state index contributed by atoms with van der Waals surface area (Å²) in [5.74, 6) is 0.0968. The van der Waals surface area contributed by atoms with Gasteiger partial charge < -0.3 is 9.64 Å². The summed E-state index contributed by atoms with van der Waals surface area (Å²) in [6, 6.07) is 6.20. The summed E-state index contributed by atoms with van der Waals surface area (Å²) in [6.07, 6.45) is 4.96. The number of aryl methyl sites for hydroxylation is 1. The van der Waals surface area contributed by atoms with Gasteiger partial charge in [-0.3, -0.25) is 4.79 Å². The largest absolute Gasteiger partial charge is 0.381 e. The molecule has 0 radical (unpaired) electrons. The maximum atomic E-state index is 13.2. The molecule has 1 aliphatic heterocycles. The highest BCUT2D eigenvalue weighted by Gasteiger charge is 2.29. The molecule has 0 N–H and O–H groups in total. The van der Waals surface area contributed by atoms with Gasteiger partial charge in [0.2, 0.25) is 0 Å². The number of aromatic nitrogens is 3. The van der Waals surface area contributed by atoms with E-state index < -0.39 is 0 Å². The zero-order chi connectivity index (χ0) is 17.1. The molecule has 1 aromatic carbocycles. The minimum absolute atomic E-state index is 0.0968. The lowest BCUT2D eigenvalue weighted by atomic mass is 10.0. The smallest absolute Gasteiger partial charge is 0.254 e. The van der Waals surface area contributed by atoms with Crippen molar-refractivity contribution in [3.63, 3.8) is 0 Å². The maximum Gasteiger partial charge on any atom is 0.254 e. The average molecular weight is 328 g/mol. The molecule has 1 aromatic heterocycles. The van der Waals surface area contributed by atoms with Crippen LogP contribution < -0.4 is 0 Å². The number of benzene rings is 1. The molecule has 0 aliphatic carbocycles. The SMILES string of the molecule is Cc1cc(-n2cncn2)ccc1C(=O)N(C(C)C)C1CCOCC1. The van der Waals surface area contributed by atoms with Crippen molar-refractivity contribution in [1.82, 2.24) is 19.7 Å². The van der Waals surface area contributed by atoms with E-state index in [9.17, 15) is 4.79 Å².